The van der Waals surface area contributed by atoms with Gasteiger partial charge in [0.1, 0.15) is 6.26 Å². The number of benzene rings is 1. The molecule has 164 valence electrons. The third kappa shape index (κ3) is 6.60. The third-order valence-electron chi connectivity index (χ3n) is 4.09. The van der Waals surface area contributed by atoms with Crippen LogP contribution in [-0.4, -0.2) is 34.8 Å². The molecule has 1 aromatic heterocycles. The van der Waals surface area contributed by atoms with E-state index in [1.54, 1.807) is 0 Å². The standard InChI is InChI=1S/C21H26F3N3O3/c1-13(2)9-25-19(28)17-12-30-18(26-17)11-27(10-14(3)4)20(29)15-6-5-7-16(8-15)21(22,23)24/h5-8,12-14H,9-11H2,1-4H3,(H,25,28). The molecule has 0 atom stereocenters. The van der Waals surface area contributed by atoms with Gasteiger partial charge in [-0.3, -0.25) is 9.59 Å². The Bertz CT molecular complexity index is 876. The molecule has 1 N–H and O–H groups in total. The smallest absolute Gasteiger partial charge is 0.416 e. The maximum absolute atomic E-state index is 13.0. The number of carbonyl (C=O) groups is 2. The molecule has 0 aliphatic heterocycles. The number of oxazole rings is 1. The maximum atomic E-state index is 13.0. The Kier molecular flexibility index (Phi) is 7.64. The number of hydrogen-bond donors (Lipinski definition) is 1. The van der Waals surface area contributed by atoms with Gasteiger partial charge >= 0.3 is 6.18 Å². The van der Waals surface area contributed by atoms with Crippen LogP contribution in [-0.2, 0) is 12.7 Å². The number of amides is 2. The van der Waals surface area contributed by atoms with E-state index < -0.39 is 23.6 Å². The molecule has 0 radical (unpaired) electrons. The molecule has 2 amide bonds. The second-order valence-corrected chi connectivity index (χ2v) is 7.89. The van der Waals surface area contributed by atoms with Crippen molar-refractivity contribution in [1.29, 1.82) is 0 Å². The normalized spacial score (nSPS) is 11.8. The number of nitrogens with one attached hydrogen (secondary N) is 1. The summed E-state index contributed by atoms with van der Waals surface area (Å²) in [6.07, 6.45) is -3.34. The van der Waals surface area contributed by atoms with Gasteiger partial charge in [0, 0.05) is 18.7 Å². The van der Waals surface area contributed by atoms with E-state index in [9.17, 15) is 22.8 Å². The molecule has 0 saturated carbocycles. The lowest BCUT2D eigenvalue weighted by Crippen LogP contribution is -2.34. The Morgan fingerprint density at radius 3 is 2.47 bits per heavy atom. The van der Waals surface area contributed by atoms with E-state index in [2.05, 4.69) is 10.3 Å². The number of alkyl halides is 3. The monoisotopic (exact) mass is 425 g/mol. The van der Waals surface area contributed by atoms with Gasteiger partial charge in [0.15, 0.2) is 5.69 Å². The molecule has 0 aliphatic rings. The average Bonchev–Trinajstić information content (AvgIpc) is 3.12. The van der Waals surface area contributed by atoms with Gasteiger partial charge < -0.3 is 14.6 Å². The first-order valence-electron chi connectivity index (χ1n) is 9.66. The number of nitrogens with zero attached hydrogens (tertiary/aromatic N) is 2. The molecule has 1 aromatic carbocycles. The highest BCUT2D eigenvalue weighted by atomic mass is 19.4. The summed E-state index contributed by atoms with van der Waals surface area (Å²) in [6.45, 7) is 8.38. The van der Waals surface area contributed by atoms with Crippen molar-refractivity contribution in [2.45, 2.75) is 40.4 Å². The fourth-order valence-corrected chi connectivity index (χ4v) is 2.71. The van der Waals surface area contributed by atoms with E-state index in [1.807, 2.05) is 27.7 Å². The molecular weight excluding hydrogens is 399 g/mol. The average molecular weight is 425 g/mol. The number of rotatable bonds is 8. The number of aromatic nitrogens is 1. The van der Waals surface area contributed by atoms with Crippen molar-refractivity contribution in [3.05, 3.63) is 53.2 Å². The van der Waals surface area contributed by atoms with Crippen molar-refractivity contribution in [3.63, 3.8) is 0 Å². The topological polar surface area (TPSA) is 75.4 Å². The van der Waals surface area contributed by atoms with Crippen LogP contribution in [0, 0.1) is 11.8 Å². The van der Waals surface area contributed by atoms with Gasteiger partial charge in [-0.2, -0.15) is 13.2 Å². The summed E-state index contributed by atoms with van der Waals surface area (Å²) in [5.74, 6) is -0.502. The van der Waals surface area contributed by atoms with Gasteiger partial charge in [-0.15, -0.1) is 0 Å². The van der Waals surface area contributed by atoms with Crippen molar-refractivity contribution in [2.75, 3.05) is 13.1 Å². The molecule has 0 unspecified atom stereocenters. The summed E-state index contributed by atoms with van der Waals surface area (Å²) in [5.41, 5.74) is -0.883. The van der Waals surface area contributed by atoms with Gasteiger partial charge in [-0.05, 0) is 30.0 Å². The first-order valence-corrected chi connectivity index (χ1v) is 9.66. The number of hydrogen-bond acceptors (Lipinski definition) is 4. The minimum absolute atomic E-state index is 0.0588. The SMILES string of the molecule is CC(C)CNC(=O)c1coc(CN(CC(C)C)C(=O)c2cccc(C(F)(F)F)c2)n1. The molecular formula is C21H26F3N3O3. The first kappa shape index (κ1) is 23.4. The highest BCUT2D eigenvalue weighted by Gasteiger charge is 2.31. The predicted molar refractivity (Wildman–Crippen MR) is 105 cm³/mol. The molecule has 0 spiro atoms. The molecule has 30 heavy (non-hydrogen) atoms. The van der Waals surface area contributed by atoms with Crippen LogP contribution < -0.4 is 5.32 Å². The Morgan fingerprint density at radius 1 is 1.17 bits per heavy atom. The molecule has 0 aliphatic carbocycles. The van der Waals surface area contributed by atoms with Crippen molar-refractivity contribution >= 4 is 11.8 Å². The second-order valence-electron chi connectivity index (χ2n) is 7.89. The minimum atomic E-state index is -4.54. The van der Waals surface area contributed by atoms with Gasteiger partial charge in [0.05, 0.1) is 12.1 Å². The van der Waals surface area contributed by atoms with Gasteiger partial charge in [0.25, 0.3) is 11.8 Å². The van der Waals surface area contributed by atoms with Crippen molar-refractivity contribution in [1.82, 2.24) is 15.2 Å². The highest BCUT2D eigenvalue weighted by Crippen LogP contribution is 2.30. The lowest BCUT2D eigenvalue weighted by molar-refractivity contribution is -0.137. The molecule has 1 heterocycles. The van der Waals surface area contributed by atoms with Crippen LogP contribution in [0.1, 0.15) is 60.0 Å². The van der Waals surface area contributed by atoms with Crippen LogP contribution in [0.4, 0.5) is 13.2 Å². The van der Waals surface area contributed by atoms with E-state index in [1.165, 1.54) is 23.3 Å². The lowest BCUT2D eigenvalue weighted by atomic mass is 10.1. The largest absolute Gasteiger partial charge is 0.446 e. The number of halogens is 3. The maximum Gasteiger partial charge on any atom is 0.416 e. The van der Waals surface area contributed by atoms with Gasteiger partial charge in [-0.25, -0.2) is 4.98 Å². The van der Waals surface area contributed by atoms with Gasteiger partial charge in [-0.1, -0.05) is 33.8 Å². The molecule has 0 bridgehead atoms. The zero-order valence-electron chi connectivity index (χ0n) is 17.4. The first-order chi connectivity index (χ1) is 14.0. The van der Waals surface area contributed by atoms with E-state index >= 15 is 0 Å². The molecule has 0 saturated heterocycles. The fourth-order valence-electron chi connectivity index (χ4n) is 2.71. The molecule has 6 nitrogen and oxygen atoms in total. The summed E-state index contributed by atoms with van der Waals surface area (Å²) in [5, 5.41) is 2.72. The molecule has 2 aromatic rings. The van der Waals surface area contributed by atoms with Crippen LogP contribution >= 0.6 is 0 Å². The van der Waals surface area contributed by atoms with Crippen molar-refractivity contribution < 1.29 is 27.2 Å². The zero-order valence-corrected chi connectivity index (χ0v) is 17.4. The molecule has 0 fully saturated rings. The Morgan fingerprint density at radius 2 is 1.87 bits per heavy atom. The Labute approximate surface area is 173 Å². The Hall–Kier alpha value is -2.84. The van der Waals surface area contributed by atoms with Gasteiger partial charge in [0.2, 0.25) is 5.89 Å². The van der Waals surface area contributed by atoms with Crippen LogP contribution in [0.15, 0.2) is 34.9 Å². The van der Waals surface area contributed by atoms with Crippen LogP contribution in [0.2, 0.25) is 0 Å². The quantitative estimate of drug-likeness (QED) is 0.681. The highest BCUT2D eigenvalue weighted by molar-refractivity contribution is 5.94. The summed E-state index contributed by atoms with van der Waals surface area (Å²) in [6, 6.07) is 4.28. The minimum Gasteiger partial charge on any atom is -0.446 e. The van der Waals surface area contributed by atoms with E-state index in [4.69, 9.17) is 4.42 Å². The van der Waals surface area contributed by atoms with Crippen LogP contribution in [0.3, 0.4) is 0 Å². The molecule has 2 rings (SSSR count). The summed E-state index contributed by atoms with van der Waals surface area (Å²) in [4.78, 5) is 30.5. The van der Waals surface area contributed by atoms with Crippen molar-refractivity contribution in [3.8, 4) is 0 Å². The van der Waals surface area contributed by atoms with Crippen LogP contribution in [0.5, 0.6) is 0 Å². The zero-order chi connectivity index (χ0) is 22.5. The van der Waals surface area contributed by atoms with Crippen LogP contribution in [0.25, 0.3) is 0 Å². The third-order valence-corrected chi connectivity index (χ3v) is 4.09. The van der Waals surface area contributed by atoms with E-state index in [0.29, 0.717) is 6.54 Å². The fraction of sp³-hybridized carbons (Fsp3) is 0.476. The predicted octanol–water partition coefficient (Wildman–Crippen LogP) is 4.38. The molecule has 9 heteroatoms. The van der Waals surface area contributed by atoms with E-state index in [0.717, 1.165) is 12.1 Å². The summed E-state index contributed by atoms with van der Waals surface area (Å²) >= 11 is 0. The summed E-state index contributed by atoms with van der Waals surface area (Å²) in [7, 11) is 0. The number of carbonyl (C=O) groups excluding carboxylic acids is 2. The summed E-state index contributed by atoms with van der Waals surface area (Å²) < 4.78 is 44.3. The second kappa shape index (κ2) is 9.77. The van der Waals surface area contributed by atoms with E-state index in [-0.39, 0.29) is 42.1 Å². The lowest BCUT2D eigenvalue weighted by Gasteiger charge is -2.23. The Balaban J connectivity index is 2.19. The van der Waals surface area contributed by atoms with Crippen molar-refractivity contribution in [2.24, 2.45) is 11.8 Å².